The van der Waals surface area contributed by atoms with Crippen molar-refractivity contribution in [3.8, 4) is 11.5 Å². The van der Waals surface area contributed by atoms with Gasteiger partial charge in [-0.15, -0.1) is 21.2 Å². The summed E-state index contributed by atoms with van der Waals surface area (Å²) in [5.74, 6) is 0.873. The van der Waals surface area contributed by atoms with Crippen LogP contribution in [-0.4, -0.2) is 37.4 Å². The number of ether oxygens (including phenoxy) is 2. The molecular weight excluding hydrogens is 350 g/mol. The summed E-state index contributed by atoms with van der Waals surface area (Å²) in [5.41, 5.74) is 1.07. The van der Waals surface area contributed by atoms with E-state index < -0.39 is 6.29 Å². The summed E-state index contributed by atoms with van der Waals surface area (Å²) < 4.78 is 35.8. The SMILES string of the molecule is Cl.FC1(F)Oc2ccc([C@H](C3CCCCC3)N3CCNCC3)cc2O1. The maximum atomic E-state index is 13.3. The Hall–Kier alpha value is -1.11. The maximum Gasteiger partial charge on any atom is 0.586 e. The zero-order chi connectivity index (χ0) is 16.6. The second kappa shape index (κ2) is 7.64. The minimum Gasteiger partial charge on any atom is -0.395 e. The quantitative estimate of drug-likeness (QED) is 0.868. The first-order valence-corrected chi connectivity index (χ1v) is 8.97. The summed E-state index contributed by atoms with van der Waals surface area (Å²) in [4.78, 5) is 2.50. The molecule has 0 radical (unpaired) electrons. The van der Waals surface area contributed by atoms with Crippen molar-refractivity contribution in [2.75, 3.05) is 26.2 Å². The molecule has 1 N–H and O–H groups in total. The number of nitrogens with one attached hydrogen (secondary N) is 1. The van der Waals surface area contributed by atoms with Crippen molar-refractivity contribution in [3.63, 3.8) is 0 Å². The van der Waals surface area contributed by atoms with E-state index in [1.807, 2.05) is 6.07 Å². The number of halogens is 3. The van der Waals surface area contributed by atoms with Gasteiger partial charge in [0, 0.05) is 32.2 Å². The second-order valence-corrected chi connectivity index (χ2v) is 7.00. The van der Waals surface area contributed by atoms with Crippen LogP contribution in [-0.2, 0) is 0 Å². The van der Waals surface area contributed by atoms with Crippen LogP contribution in [0, 0.1) is 5.92 Å². The Kier molecular flexibility index (Phi) is 5.71. The van der Waals surface area contributed by atoms with Crippen molar-refractivity contribution in [2.45, 2.75) is 44.4 Å². The fraction of sp³-hybridized carbons (Fsp3) is 0.667. The molecule has 0 spiro atoms. The molecule has 3 aliphatic rings. The molecule has 7 heteroatoms. The Morgan fingerprint density at radius 1 is 1.04 bits per heavy atom. The fourth-order valence-electron chi connectivity index (χ4n) is 4.34. The molecule has 25 heavy (non-hydrogen) atoms. The van der Waals surface area contributed by atoms with E-state index in [2.05, 4.69) is 19.7 Å². The molecule has 0 bridgehead atoms. The maximum absolute atomic E-state index is 13.3. The smallest absolute Gasteiger partial charge is 0.395 e. The van der Waals surface area contributed by atoms with Crippen molar-refractivity contribution in [1.82, 2.24) is 10.2 Å². The number of piperazine rings is 1. The number of alkyl halides is 2. The van der Waals surface area contributed by atoms with Crippen LogP contribution in [0.25, 0.3) is 0 Å². The molecule has 0 amide bonds. The molecule has 2 heterocycles. The van der Waals surface area contributed by atoms with Crippen molar-refractivity contribution in [1.29, 1.82) is 0 Å². The number of rotatable bonds is 3. The third-order valence-corrected chi connectivity index (χ3v) is 5.41. The normalized spacial score (nSPS) is 24.6. The number of hydrogen-bond donors (Lipinski definition) is 1. The largest absolute Gasteiger partial charge is 0.586 e. The van der Waals surface area contributed by atoms with Crippen molar-refractivity contribution >= 4 is 12.4 Å². The Morgan fingerprint density at radius 3 is 2.44 bits per heavy atom. The zero-order valence-electron chi connectivity index (χ0n) is 14.2. The van der Waals surface area contributed by atoms with Gasteiger partial charge in [-0.3, -0.25) is 4.90 Å². The molecule has 1 aliphatic carbocycles. The van der Waals surface area contributed by atoms with Gasteiger partial charge >= 0.3 is 6.29 Å². The van der Waals surface area contributed by atoms with Crippen LogP contribution in [0.3, 0.4) is 0 Å². The van der Waals surface area contributed by atoms with Crippen molar-refractivity contribution < 1.29 is 18.3 Å². The van der Waals surface area contributed by atoms with E-state index in [1.54, 1.807) is 12.1 Å². The summed E-state index contributed by atoms with van der Waals surface area (Å²) in [6.45, 7) is 3.94. The standard InChI is InChI=1S/C18H24F2N2O2.ClH/c19-18(20)23-15-7-6-14(12-16(15)24-18)17(13-4-2-1-3-5-13)22-10-8-21-9-11-22;/h6-7,12-13,17,21H,1-5,8-11H2;1H/t17-;/m0./s1. The lowest BCUT2D eigenvalue weighted by Gasteiger charge is -2.41. The zero-order valence-corrected chi connectivity index (χ0v) is 15.0. The van der Waals surface area contributed by atoms with Gasteiger partial charge in [-0.05, 0) is 36.5 Å². The van der Waals surface area contributed by atoms with Gasteiger partial charge in [0.2, 0.25) is 0 Å². The highest BCUT2D eigenvalue weighted by molar-refractivity contribution is 5.85. The monoisotopic (exact) mass is 374 g/mol. The highest BCUT2D eigenvalue weighted by Gasteiger charge is 2.44. The van der Waals surface area contributed by atoms with Gasteiger partial charge in [0.15, 0.2) is 11.5 Å². The fourth-order valence-corrected chi connectivity index (χ4v) is 4.34. The molecule has 1 aromatic carbocycles. The predicted molar refractivity (Wildman–Crippen MR) is 93.7 cm³/mol. The first-order chi connectivity index (χ1) is 11.6. The molecule has 1 saturated heterocycles. The predicted octanol–water partition coefficient (Wildman–Crippen LogP) is 3.96. The number of benzene rings is 1. The summed E-state index contributed by atoms with van der Waals surface area (Å²) >= 11 is 0. The van der Waals surface area contributed by atoms with Gasteiger partial charge < -0.3 is 14.8 Å². The van der Waals surface area contributed by atoms with Crippen LogP contribution in [0.4, 0.5) is 8.78 Å². The van der Waals surface area contributed by atoms with E-state index in [4.69, 9.17) is 0 Å². The van der Waals surface area contributed by atoms with Gasteiger partial charge in [0.05, 0.1) is 0 Å². The molecule has 2 aliphatic heterocycles. The summed E-state index contributed by atoms with van der Waals surface area (Å²) in [6.07, 6.45) is 2.69. The van der Waals surface area contributed by atoms with E-state index in [9.17, 15) is 8.78 Å². The molecule has 0 aromatic heterocycles. The third-order valence-electron chi connectivity index (χ3n) is 5.41. The molecule has 140 valence electrons. The Balaban J connectivity index is 0.00000182. The van der Waals surface area contributed by atoms with E-state index in [-0.39, 0.29) is 29.9 Å². The molecule has 0 unspecified atom stereocenters. The lowest BCUT2D eigenvalue weighted by atomic mass is 9.80. The van der Waals surface area contributed by atoms with Crippen LogP contribution >= 0.6 is 12.4 Å². The van der Waals surface area contributed by atoms with Crippen LogP contribution in [0.5, 0.6) is 11.5 Å². The van der Waals surface area contributed by atoms with Crippen molar-refractivity contribution in [2.24, 2.45) is 5.92 Å². The lowest BCUT2D eigenvalue weighted by Crippen LogP contribution is -2.47. The minimum atomic E-state index is -3.55. The first-order valence-electron chi connectivity index (χ1n) is 8.97. The number of nitrogens with zero attached hydrogens (tertiary/aromatic N) is 1. The third kappa shape index (κ3) is 4.01. The van der Waals surface area contributed by atoms with Crippen LogP contribution in [0.2, 0.25) is 0 Å². The molecule has 1 aromatic rings. The van der Waals surface area contributed by atoms with Gasteiger partial charge in [-0.25, -0.2) is 0 Å². The second-order valence-electron chi connectivity index (χ2n) is 7.00. The number of hydrogen-bond acceptors (Lipinski definition) is 4. The first kappa shape index (κ1) is 18.7. The van der Waals surface area contributed by atoms with Gasteiger partial charge in [0.1, 0.15) is 0 Å². The van der Waals surface area contributed by atoms with Crippen LogP contribution < -0.4 is 14.8 Å². The Bertz CT molecular complexity index is 572. The lowest BCUT2D eigenvalue weighted by molar-refractivity contribution is -0.286. The van der Waals surface area contributed by atoms with Crippen LogP contribution in [0.15, 0.2) is 18.2 Å². The highest BCUT2D eigenvalue weighted by Crippen LogP contribution is 2.45. The van der Waals surface area contributed by atoms with Crippen molar-refractivity contribution in [3.05, 3.63) is 23.8 Å². The number of fused-ring (bicyclic) bond motifs is 1. The van der Waals surface area contributed by atoms with E-state index in [0.717, 1.165) is 31.7 Å². The summed E-state index contributed by atoms with van der Waals surface area (Å²) in [5, 5.41) is 3.39. The van der Waals surface area contributed by atoms with Gasteiger partial charge in [-0.2, -0.15) is 0 Å². The Morgan fingerprint density at radius 2 is 1.72 bits per heavy atom. The molecule has 2 fully saturated rings. The summed E-state index contributed by atoms with van der Waals surface area (Å²) in [7, 11) is 0. The van der Waals surface area contributed by atoms with E-state index >= 15 is 0 Å². The molecule has 1 saturated carbocycles. The molecule has 1 atom stereocenters. The summed E-state index contributed by atoms with van der Waals surface area (Å²) in [6, 6.07) is 5.60. The van der Waals surface area contributed by atoms with E-state index in [0.29, 0.717) is 5.92 Å². The highest BCUT2D eigenvalue weighted by atomic mass is 35.5. The van der Waals surface area contributed by atoms with Gasteiger partial charge in [0.25, 0.3) is 0 Å². The van der Waals surface area contributed by atoms with E-state index in [1.165, 1.54) is 32.1 Å². The van der Waals surface area contributed by atoms with Gasteiger partial charge in [-0.1, -0.05) is 25.3 Å². The topological polar surface area (TPSA) is 33.7 Å². The average Bonchev–Trinajstić information content (AvgIpc) is 2.90. The Labute approximate surface area is 153 Å². The minimum absolute atomic E-state index is 0. The average molecular weight is 375 g/mol. The molecule has 4 nitrogen and oxygen atoms in total. The van der Waals surface area contributed by atoms with Crippen LogP contribution in [0.1, 0.15) is 43.7 Å². The molecular formula is C18H25ClF2N2O2. The molecule has 4 rings (SSSR count).